The van der Waals surface area contributed by atoms with E-state index in [0.29, 0.717) is 0 Å². The third-order valence-corrected chi connectivity index (χ3v) is 1.41. The Morgan fingerprint density at radius 1 is 1.36 bits per heavy atom. The van der Waals surface area contributed by atoms with Gasteiger partial charge in [-0.1, -0.05) is 24.8 Å². The SMILES string of the molecule is C=C/C(C(=C)C)=C(\C)C=NC. The summed E-state index contributed by atoms with van der Waals surface area (Å²) in [6, 6.07) is 0. The van der Waals surface area contributed by atoms with Gasteiger partial charge in [0.1, 0.15) is 0 Å². The first kappa shape index (κ1) is 9.89. The molecule has 0 N–H and O–H groups in total. The third kappa shape index (κ3) is 2.99. The Morgan fingerprint density at radius 2 is 1.91 bits per heavy atom. The van der Waals surface area contributed by atoms with Crippen LogP contribution in [0.1, 0.15) is 13.8 Å². The van der Waals surface area contributed by atoms with E-state index in [-0.39, 0.29) is 0 Å². The van der Waals surface area contributed by atoms with Gasteiger partial charge in [-0.3, -0.25) is 4.99 Å². The lowest BCUT2D eigenvalue weighted by Crippen LogP contribution is -1.87. The largest absolute Gasteiger partial charge is 0.296 e. The summed E-state index contributed by atoms with van der Waals surface area (Å²) in [5.41, 5.74) is 3.21. The lowest BCUT2D eigenvalue weighted by atomic mass is 10.0. The fourth-order valence-corrected chi connectivity index (χ4v) is 0.935. The molecule has 0 spiro atoms. The molecule has 0 saturated carbocycles. The monoisotopic (exact) mass is 149 g/mol. The second-order valence-electron chi connectivity index (χ2n) is 2.47. The van der Waals surface area contributed by atoms with Crippen molar-refractivity contribution in [1.29, 1.82) is 0 Å². The maximum Gasteiger partial charge on any atom is 0.0277 e. The molecule has 0 aliphatic rings. The third-order valence-electron chi connectivity index (χ3n) is 1.41. The number of hydrogen-bond acceptors (Lipinski definition) is 1. The van der Waals surface area contributed by atoms with Crippen LogP contribution < -0.4 is 0 Å². The van der Waals surface area contributed by atoms with Crippen molar-refractivity contribution >= 4 is 6.21 Å². The molecule has 0 fully saturated rings. The lowest BCUT2D eigenvalue weighted by Gasteiger charge is -2.02. The van der Waals surface area contributed by atoms with Crippen LogP contribution in [0, 0.1) is 0 Å². The molecule has 0 heterocycles. The minimum atomic E-state index is 1.03. The first-order valence-electron chi connectivity index (χ1n) is 3.54. The molecule has 0 aromatic rings. The molecular formula is C10H15N. The fraction of sp³-hybridized carbons (Fsp3) is 0.300. The van der Waals surface area contributed by atoms with E-state index in [2.05, 4.69) is 18.2 Å². The standard InChI is InChI=1S/C10H15N/c1-6-10(8(2)3)9(4)7-11-5/h6-7H,1-2H2,3-5H3/b10-9-,11-7?. The van der Waals surface area contributed by atoms with Gasteiger partial charge in [0.05, 0.1) is 0 Å². The van der Waals surface area contributed by atoms with E-state index in [1.54, 1.807) is 13.1 Å². The van der Waals surface area contributed by atoms with Crippen LogP contribution in [0.4, 0.5) is 0 Å². The summed E-state index contributed by atoms with van der Waals surface area (Å²) >= 11 is 0. The molecule has 1 nitrogen and oxygen atoms in total. The van der Waals surface area contributed by atoms with Crippen LogP contribution in [-0.4, -0.2) is 13.3 Å². The Labute approximate surface area is 68.9 Å². The number of allylic oxidation sites excluding steroid dienone is 4. The maximum atomic E-state index is 3.92. The Kier molecular flexibility index (Phi) is 4.20. The second-order valence-corrected chi connectivity index (χ2v) is 2.47. The lowest BCUT2D eigenvalue weighted by molar-refractivity contribution is 1.37. The van der Waals surface area contributed by atoms with Crippen molar-refractivity contribution in [3.8, 4) is 0 Å². The van der Waals surface area contributed by atoms with Gasteiger partial charge in [0, 0.05) is 13.3 Å². The highest BCUT2D eigenvalue weighted by Gasteiger charge is 1.95. The molecule has 0 aromatic heterocycles. The van der Waals surface area contributed by atoms with E-state index in [1.165, 1.54) is 0 Å². The molecule has 0 radical (unpaired) electrons. The van der Waals surface area contributed by atoms with E-state index in [4.69, 9.17) is 0 Å². The van der Waals surface area contributed by atoms with E-state index < -0.39 is 0 Å². The highest BCUT2D eigenvalue weighted by molar-refractivity contribution is 5.81. The van der Waals surface area contributed by atoms with E-state index in [1.807, 2.05) is 20.1 Å². The molecule has 0 amide bonds. The molecular weight excluding hydrogens is 134 g/mol. The molecule has 60 valence electrons. The predicted molar refractivity (Wildman–Crippen MR) is 52.1 cm³/mol. The van der Waals surface area contributed by atoms with Gasteiger partial charge in [-0.05, 0) is 25.0 Å². The second kappa shape index (κ2) is 4.67. The predicted octanol–water partition coefficient (Wildman–Crippen LogP) is 2.77. The normalized spacial score (nSPS) is 13.0. The Balaban J connectivity index is 4.82. The van der Waals surface area contributed by atoms with E-state index in [9.17, 15) is 0 Å². The molecule has 0 atom stereocenters. The smallest absolute Gasteiger partial charge is 0.0277 e. The Morgan fingerprint density at radius 3 is 2.18 bits per heavy atom. The maximum absolute atomic E-state index is 3.92. The van der Waals surface area contributed by atoms with E-state index in [0.717, 1.165) is 16.7 Å². The van der Waals surface area contributed by atoms with Crippen LogP contribution in [0.15, 0.2) is 40.9 Å². The number of aliphatic imine (C=N–C) groups is 1. The minimum Gasteiger partial charge on any atom is -0.296 e. The average molecular weight is 149 g/mol. The number of rotatable bonds is 3. The van der Waals surface area contributed by atoms with Crippen molar-refractivity contribution in [3.63, 3.8) is 0 Å². The van der Waals surface area contributed by atoms with Gasteiger partial charge in [-0.25, -0.2) is 0 Å². The Hall–Kier alpha value is -1.11. The average Bonchev–Trinajstić information content (AvgIpc) is 1.88. The summed E-state index contributed by atoms with van der Waals surface area (Å²) in [5.74, 6) is 0. The Bertz CT molecular complexity index is 219. The zero-order valence-corrected chi connectivity index (χ0v) is 7.52. The minimum absolute atomic E-state index is 1.03. The van der Waals surface area contributed by atoms with Gasteiger partial charge in [-0.15, -0.1) is 0 Å². The van der Waals surface area contributed by atoms with Crippen molar-refractivity contribution in [2.75, 3.05) is 7.05 Å². The molecule has 0 saturated heterocycles. The van der Waals surface area contributed by atoms with Gasteiger partial charge in [-0.2, -0.15) is 0 Å². The van der Waals surface area contributed by atoms with Gasteiger partial charge < -0.3 is 0 Å². The first-order chi connectivity index (χ1) is 5.13. The molecule has 0 aliphatic heterocycles. The summed E-state index contributed by atoms with van der Waals surface area (Å²) in [6.45, 7) is 11.5. The van der Waals surface area contributed by atoms with Crippen molar-refractivity contribution in [3.05, 3.63) is 36.0 Å². The van der Waals surface area contributed by atoms with Crippen LogP contribution >= 0.6 is 0 Å². The summed E-state index contributed by atoms with van der Waals surface area (Å²) in [5, 5.41) is 0. The van der Waals surface area contributed by atoms with Gasteiger partial charge in [0.2, 0.25) is 0 Å². The van der Waals surface area contributed by atoms with Crippen molar-refractivity contribution in [1.82, 2.24) is 0 Å². The van der Waals surface area contributed by atoms with Crippen molar-refractivity contribution < 1.29 is 0 Å². The molecule has 11 heavy (non-hydrogen) atoms. The summed E-state index contributed by atoms with van der Waals surface area (Å²) in [4.78, 5) is 3.92. The fourth-order valence-electron chi connectivity index (χ4n) is 0.935. The molecule has 0 bridgehead atoms. The van der Waals surface area contributed by atoms with Crippen molar-refractivity contribution in [2.45, 2.75) is 13.8 Å². The summed E-state index contributed by atoms with van der Waals surface area (Å²) in [6.07, 6.45) is 3.62. The molecule has 0 aromatic carbocycles. The van der Waals surface area contributed by atoms with Crippen LogP contribution in [-0.2, 0) is 0 Å². The number of hydrogen-bond donors (Lipinski definition) is 0. The number of nitrogens with zero attached hydrogens (tertiary/aromatic N) is 1. The quantitative estimate of drug-likeness (QED) is 0.432. The zero-order valence-electron chi connectivity index (χ0n) is 7.52. The highest BCUT2D eigenvalue weighted by Crippen LogP contribution is 2.11. The molecule has 0 aliphatic carbocycles. The highest BCUT2D eigenvalue weighted by atomic mass is 14.6. The topological polar surface area (TPSA) is 12.4 Å². The first-order valence-corrected chi connectivity index (χ1v) is 3.54. The van der Waals surface area contributed by atoms with Crippen LogP contribution in [0.25, 0.3) is 0 Å². The summed E-state index contributed by atoms with van der Waals surface area (Å²) in [7, 11) is 1.75. The molecule has 0 rings (SSSR count). The molecule has 1 heteroatoms. The van der Waals surface area contributed by atoms with Crippen LogP contribution in [0.3, 0.4) is 0 Å². The zero-order chi connectivity index (χ0) is 8.85. The van der Waals surface area contributed by atoms with Crippen LogP contribution in [0.5, 0.6) is 0 Å². The van der Waals surface area contributed by atoms with Gasteiger partial charge in [0.15, 0.2) is 0 Å². The van der Waals surface area contributed by atoms with Gasteiger partial charge >= 0.3 is 0 Å². The van der Waals surface area contributed by atoms with Gasteiger partial charge in [0.25, 0.3) is 0 Å². The molecule has 0 unspecified atom stereocenters. The summed E-state index contributed by atoms with van der Waals surface area (Å²) < 4.78 is 0. The van der Waals surface area contributed by atoms with Crippen LogP contribution in [0.2, 0.25) is 0 Å². The van der Waals surface area contributed by atoms with Crippen molar-refractivity contribution in [2.24, 2.45) is 4.99 Å². The van der Waals surface area contributed by atoms with E-state index >= 15 is 0 Å².